The van der Waals surface area contributed by atoms with Crippen LogP contribution in [0.4, 0.5) is 5.82 Å². The minimum atomic E-state index is -0.498. The molecule has 0 aromatic carbocycles. The fourth-order valence-electron chi connectivity index (χ4n) is 2.44. The Kier molecular flexibility index (Phi) is 4.43. The molecule has 1 amide bonds. The van der Waals surface area contributed by atoms with Crippen molar-refractivity contribution in [3.63, 3.8) is 0 Å². The minimum absolute atomic E-state index is 0.173. The minimum Gasteiger partial charge on any atom is -0.383 e. The SMILES string of the molecule is CNc1c(C(N)=O)c(Br)nn1[C@@H]1CN[C@@H](COC)C1. The highest BCUT2D eigenvalue weighted by Crippen LogP contribution is 2.30. The molecule has 2 heterocycles. The van der Waals surface area contributed by atoms with E-state index in [1.54, 1.807) is 14.2 Å². The van der Waals surface area contributed by atoms with Gasteiger partial charge in [-0.25, -0.2) is 4.68 Å². The Morgan fingerprint density at radius 3 is 3.05 bits per heavy atom. The van der Waals surface area contributed by atoms with Crippen LogP contribution in [-0.2, 0) is 4.74 Å². The predicted octanol–water partition coefficient (Wildman–Crippen LogP) is 0.336. The summed E-state index contributed by atoms with van der Waals surface area (Å²) in [5.74, 6) is 0.145. The molecule has 0 spiro atoms. The summed E-state index contributed by atoms with van der Waals surface area (Å²) < 4.78 is 7.43. The molecule has 1 saturated heterocycles. The maximum absolute atomic E-state index is 11.5. The Morgan fingerprint density at radius 2 is 2.47 bits per heavy atom. The Bertz CT molecular complexity index is 476. The lowest BCUT2D eigenvalue weighted by molar-refractivity contribution is 0.100. The van der Waals surface area contributed by atoms with Gasteiger partial charge in [-0.15, -0.1) is 0 Å². The zero-order valence-corrected chi connectivity index (χ0v) is 12.5. The van der Waals surface area contributed by atoms with E-state index in [4.69, 9.17) is 10.5 Å². The first-order valence-corrected chi connectivity index (χ1v) is 6.85. The number of ether oxygens (including phenoxy) is 1. The van der Waals surface area contributed by atoms with Gasteiger partial charge in [-0.2, -0.15) is 5.10 Å². The van der Waals surface area contributed by atoms with E-state index in [-0.39, 0.29) is 6.04 Å². The molecule has 0 bridgehead atoms. The van der Waals surface area contributed by atoms with Gasteiger partial charge in [-0.1, -0.05) is 0 Å². The summed E-state index contributed by atoms with van der Waals surface area (Å²) in [6.45, 7) is 1.45. The van der Waals surface area contributed by atoms with E-state index in [2.05, 4.69) is 31.7 Å². The fraction of sp³-hybridized carbons (Fsp3) is 0.636. The number of methoxy groups -OCH3 is 1. The van der Waals surface area contributed by atoms with Gasteiger partial charge in [0, 0.05) is 26.7 Å². The molecular formula is C11H18BrN5O2. The number of carbonyl (C=O) groups is 1. The molecule has 0 unspecified atom stereocenters. The second-order valence-electron chi connectivity index (χ2n) is 4.52. The average Bonchev–Trinajstić information content (AvgIpc) is 2.93. The van der Waals surface area contributed by atoms with Crippen LogP contribution in [0.25, 0.3) is 0 Å². The highest BCUT2D eigenvalue weighted by atomic mass is 79.9. The molecule has 0 radical (unpaired) electrons. The Balaban J connectivity index is 2.26. The number of primary amides is 1. The Labute approximate surface area is 120 Å². The zero-order chi connectivity index (χ0) is 14.0. The van der Waals surface area contributed by atoms with Crippen molar-refractivity contribution in [1.82, 2.24) is 15.1 Å². The molecular weight excluding hydrogens is 314 g/mol. The number of hydrogen-bond acceptors (Lipinski definition) is 5. The number of rotatable bonds is 5. The van der Waals surface area contributed by atoms with Gasteiger partial charge in [0.25, 0.3) is 5.91 Å². The Hall–Kier alpha value is -1.12. The molecule has 8 heteroatoms. The van der Waals surface area contributed by atoms with E-state index in [0.29, 0.717) is 28.6 Å². The van der Waals surface area contributed by atoms with E-state index in [1.165, 1.54) is 0 Å². The second-order valence-corrected chi connectivity index (χ2v) is 5.27. The van der Waals surface area contributed by atoms with Crippen LogP contribution in [0.3, 0.4) is 0 Å². The summed E-state index contributed by atoms with van der Waals surface area (Å²) in [5.41, 5.74) is 5.77. The van der Waals surface area contributed by atoms with Crippen molar-refractivity contribution in [2.75, 3.05) is 32.6 Å². The molecule has 0 aliphatic carbocycles. The third-order valence-electron chi connectivity index (χ3n) is 3.26. The number of nitrogens with two attached hydrogens (primary N) is 1. The topological polar surface area (TPSA) is 94.2 Å². The van der Waals surface area contributed by atoms with E-state index in [0.717, 1.165) is 13.0 Å². The number of nitrogens with one attached hydrogen (secondary N) is 2. The number of halogens is 1. The van der Waals surface area contributed by atoms with Gasteiger partial charge in [0.2, 0.25) is 0 Å². The van der Waals surface area contributed by atoms with Gasteiger partial charge in [-0.05, 0) is 22.4 Å². The standard InChI is InChI=1S/C11H18BrN5O2/c1-14-11-8(10(13)18)9(12)16-17(11)7-3-6(5-19-2)15-4-7/h6-7,14-15H,3-5H2,1-2H3,(H2,13,18)/t6-,7+/m1/s1. The number of amides is 1. The van der Waals surface area contributed by atoms with E-state index in [1.807, 2.05) is 4.68 Å². The maximum atomic E-state index is 11.5. The molecule has 1 aromatic heterocycles. The summed E-state index contributed by atoms with van der Waals surface area (Å²) in [6, 6.07) is 0.478. The lowest BCUT2D eigenvalue weighted by atomic mass is 10.2. The van der Waals surface area contributed by atoms with Gasteiger partial charge in [0.15, 0.2) is 0 Å². The van der Waals surface area contributed by atoms with Crippen molar-refractivity contribution >= 4 is 27.7 Å². The molecule has 2 rings (SSSR count). The van der Waals surface area contributed by atoms with Crippen molar-refractivity contribution < 1.29 is 9.53 Å². The van der Waals surface area contributed by atoms with E-state index < -0.39 is 5.91 Å². The molecule has 1 fully saturated rings. The van der Waals surface area contributed by atoms with Gasteiger partial charge in [-0.3, -0.25) is 4.79 Å². The van der Waals surface area contributed by atoms with Crippen LogP contribution in [0, 0.1) is 0 Å². The van der Waals surface area contributed by atoms with Crippen molar-refractivity contribution in [2.45, 2.75) is 18.5 Å². The smallest absolute Gasteiger partial charge is 0.255 e. The summed E-state index contributed by atoms with van der Waals surface area (Å²) in [4.78, 5) is 11.5. The number of nitrogens with zero attached hydrogens (tertiary/aromatic N) is 2. The highest BCUT2D eigenvalue weighted by molar-refractivity contribution is 9.10. The molecule has 4 N–H and O–H groups in total. The quantitative estimate of drug-likeness (QED) is 0.723. The fourth-order valence-corrected chi connectivity index (χ4v) is 3.00. The van der Waals surface area contributed by atoms with Crippen LogP contribution in [0.5, 0.6) is 0 Å². The number of hydrogen-bond donors (Lipinski definition) is 3. The first kappa shape index (κ1) is 14.3. The summed E-state index contributed by atoms with van der Waals surface area (Å²) in [5, 5.41) is 10.7. The second kappa shape index (κ2) is 5.89. The highest BCUT2D eigenvalue weighted by Gasteiger charge is 2.30. The van der Waals surface area contributed by atoms with Crippen molar-refractivity contribution in [3.8, 4) is 0 Å². The Morgan fingerprint density at radius 1 is 1.74 bits per heavy atom. The first-order chi connectivity index (χ1) is 9.08. The first-order valence-electron chi connectivity index (χ1n) is 6.06. The summed E-state index contributed by atoms with van der Waals surface area (Å²) in [7, 11) is 3.44. The lowest BCUT2D eigenvalue weighted by Gasteiger charge is -2.14. The van der Waals surface area contributed by atoms with E-state index >= 15 is 0 Å². The number of anilines is 1. The summed E-state index contributed by atoms with van der Waals surface area (Å²) >= 11 is 3.28. The normalized spacial score (nSPS) is 22.7. The third kappa shape index (κ3) is 2.75. The van der Waals surface area contributed by atoms with Crippen molar-refractivity contribution in [1.29, 1.82) is 0 Å². The molecule has 1 aliphatic heterocycles. The van der Waals surface area contributed by atoms with Crippen LogP contribution >= 0.6 is 15.9 Å². The van der Waals surface area contributed by atoms with Gasteiger partial charge < -0.3 is 21.1 Å². The van der Waals surface area contributed by atoms with Crippen LogP contribution in [-0.4, -0.2) is 49.0 Å². The average molecular weight is 332 g/mol. The van der Waals surface area contributed by atoms with Crippen molar-refractivity contribution in [2.24, 2.45) is 5.73 Å². The third-order valence-corrected chi connectivity index (χ3v) is 3.82. The van der Waals surface area contributed by atoms with Gasteiger partial charge >= 0.3 is 0 Å². The number of carbonyl (C=O) groups excluding carboxylic acids is 1. The molecule has 1 aliphatic rings. The van der Waals surface area contributed by atoms with Crippen LogP contribution in [0.2, 0.25) is 0 Å². The van der Waals surface area contributed by atoms with Crippen LogP contribution < -0.4 is 16.4 Å². The van der Waals surface area contributed by atoms with Crippen molar-refractivity contribution in [3.05, 3.63) is 10.2 Å². The van der Waals surface area contributed by atoms with Gasteiger partial charge in [0.05, 0.1) is 12.6 Å². The largest absolute Gasteiger partial charge is 0.383 e. The zero-order valence-electron chi connectivity index (χ0n) is 10.9. The summed E-state index contributed by atoms with van der Waals surface area (Å²) in [6.07, 6.45) is 0.898. The lowest BCUT2D eigenvalue weighted by Crippen LogP contribution is -2.25. The van der Waals surface area contributed by atoms with E-state index in [9.17, 15) is 4.79 Å². The molecule has 19 heavy (non-hydrogen) atoms. The predicted molar refractivity (Wildman–Crippen MR) is 75.3 cm³/mol. The van der Waals surface area contributed by atoms with Crippen LogP contribution in [0.15, 0.2) is 4.60 Å². The molecule has 106 valence electrons. The maximum Gasteiger partial charge on any atom is 0.255 e. The molecule has 7 nitrogen and oxygen atoms in total. The monoisotopic (exact) mass is 331 g/mol. The molecule has 1 aromatic rings. The molecule has 0 saturated carbocycles. The number of aromatic nitrogens is 2. The molecule has 2 atom stereocenters. The van der Waals surface area contributed by atoms with Crippen LogP contribution in [0.1, 0.15) is 22.8 Å². The van der Waals surface area contributed by atoms with Gasteiger partial charge in [0.1, 0.15) is 16.0 Å².